The maximum atomic E-state index is 6.75. The number of rotatable bonds is 8. The van der Waals surface area contributed by atoms with Gasteiger partial charge < -0.3 is 19.3 Å². The lowest BCUT2D eigenvalue weighted by Gasteiger charge is -2.28. The summed E-state index contributed by atoms with van der Waals surface area (Å²) in [4.78, 5) is 4.56. The van der Waals surface area contributed by atoms with Crippen molar-refractivity contribution in [3.63, 3.8) is 0 Å². The molecule has 0 saturated carbocycles. The van der Waals surface area contributed by atoms with E-state index in [1.807, 2.05) is 0 Å². The van der Waals surface area contributed by atoms with Gasteiger partial charge in [0.05, 0.1) is 0 Å². The van der Waals surface area contributed by atoms with Crippen LogP contribution >= 0.6 is 0 Å². The molecule has 2 heterocycles. The molecule has 0 atom stereocenters. The molecule has 4 heteroatoms. The minimum Gasteiger partial charge on any atom is -0.456 e. The first-order valence-corrected chi connectivity index (χ1v) is 21.0. The predicted molar refractivity (Wildman–Crippen MR) is 255 cm³/mol. The summed E-state index contributed by atoms with van der Waals surface area (Å²) in [5, 5.41) is 2.16. The van der Waals surface area contributed by atoms with Crippen LogP contribution in [0.1, 0.15) is 0 Å². The molecule has 0 fully saturated rings. The fourth-order valence-electron chi connectivity index (χ4n) is 9.11. The molecule has 62 heavy (non-hydrogen) atoms. The predicted octanol–water partition coefficient (Wildman–Crippen LogP) is 16.7. The maximum Gasteiger partial charge on any atom is 0.136 e. The van der Waals surface area contributed by atoms with Crippen molar-refractivity contribution >= 4 is 44.9 Å². The Morgan fingerprint density at radius 2 is 0.516 bits per heavy atom. The molecule has 10 aromatic rings. The standard InChI is InChI=1S/C58H38N2O2/c1-5-13-43(14-6-1)59(44-15-7-2-8-16-44)47-27-21-39(22-28-47)41-25-31-49-51-33-36-54-58-52(34-35-53(57(51)58)61-55(49)37-41)50-32-26-42(38-56(50)62-54)40-23-29-48(30-24-40)60(45-17-9-3-10-18-45)46-19-11-4-12-20-46/h1-38H. The van der Waals surface area contributed by atoms with Gasteiger partial charge in [-0.25, -0.2) is 0 Å². The fraction of sp³-hybridized carbons (Fsp3) is 0. The van der Waals surface area contributed by atoms with Crippen LogP contribution in [-0.2, 0) is 0 Å². The van der Waals surface area contributed by atoms with Crippen molar-refractivity contribution in [1.82, 2.24) is 0 Å². The highest BCUT2D eigenvalue weighted by Gasteiger charge is 2.28. The van der Waals surface area contributed by atoms with Crippen molar-refractivity contribution < 1.29 is 9.47 Å². The molecule has 0 bridgehead atoms. The Hall–Kier alpha value is -8.34. The van der Waals surface area contributed by atoms with Crippen LogP contribution in [-0.4, -0.2) is 0 Å². The number of hydrogen-bond donors (Lipinski definition) is 0. The topological polar surface area (TPSA) is 24.9 Å². The van der Waals surface area contributed by atoms with Gasteiger partial charge >= 0.3 is 0 Å². The lowest BCUT2D eigenvalue weighted by atomic mass is 9.87. The van der Waals surface area contributed by atoms with Crippen molar-refractivity contribution in [2.24, 2.45) is 0 Å². The van der Waals surface area contributed by atoms with Gasteiger partial charge in [0.1, 0.15) is 23.0 Å². The summed E-state index contributed by atoms with van der Waals surface area (Å²) < 4.78 is 13.5. The zero-order valence-electron chi connectivity index (χ0n) is 33.7. The molecule has 0 radical (unpaired) electrons. The molecule has 2 aliphatic rings. The summed E-state index contributed by atoms with van der Waals surface area (Å²) >= 11 is 0. The highest BCUT2D eigenvalue weighted by atomic mass is 16.5. The van der Waals surface area contributed by atoms with Gasteiger partial charge in [0.25, 0.3) is 0 Å². The first-order chi connectivity index (χ1) is 30.7. The van der Waals surface area contributed by atoms with Crippen LogP contribution in [0.3, 0.4) is 0 Å². The molecular formula is C58H38N2O2. The Balaban J connectivity index is 0.843. The van der Waals surface area contributed by atoms with E-state index in [-0.39, 0.29) is 0 Å². The Labute approximate surface area is 360 Å². The van der Waals surface area contributed by atoms with E-state index >= 15 is 0 Å². The Kier molecular flexibility index (Phi) is 8.46. The molecule has 0 amide bonds. The molecule has 0 aliphatic carbocycles. The van der Waals surface area contributed by atoms with Gasteiger partial charge in [-0.3, -0.25) is 0 Å². The first kappa shape index (κ1) is 35.6. The molecule has 0 unspecified atom stereocenters. The zero-order chi connectivity index (χ0) is 41.0. The summed E-state index contributed by atoms with van der Waals surface area (Å²) in [6.45, 7) is 0. The first-order valence-electron chi connectivity index (χ1n) is 21.0. The lowest BCUT2D eigenvalue weighted by molar-refractivity contribution is 0.480. The van der Waals surface area contributed by atoms with Crippen molar-refractivity contribution in [2.45, 2.75) is 0 Å². The average molecular weight is 795 g/mol. The van der Waals surface area contributed by atoms with Crippen LogP contribution in [0.25, 0.3) is 55.3 Å². The van der Waals surface area contributed by atoms with E-state index in [0.29, 0.717) is 0 Å². The van der Waals surface area contributed by atoms with Crippen molar-refractivity contribution in [3.8, 4) is 67.5 Å². The largest absolute Gasteiger partial charge is 0.456 e. The number of fused-ring (bicyclic) bond motifs is 4. The number of benzene rings is 10. The fourth-order valence-corrected chi connectivity index (χ4v) is 9.11. The van der Waals surface area contributed by atoms with Gasteiger partial charge in [0.2, 0.25) is 0 Å². The third-order valence-electron chi connectivity index (χ3n) is 12.0. The zero-order valence-corrected chi connectivity index (χ0v) is 33.7. The molecule has 4 nitrogen and oxygen atoms in total. The minimum atomic E-state index is 0.839. The molecule has 0 aromatic heterocycles. The Morgan fingerprint density at radius 1 is 0.226 bits per heavy atom. The van der Waals surface area contributed by atoms with Crippen LogP contribution in [0.5, 0.6) is 23.0 Å². The van der Waals surface area contributed by atoms with Gasteiger partial charge in [-0.05, 0) is 155 Å². The second kappa shape index (κ2) is 14.7. The SMILES string of the molecule is c1ccc(N(c2ccccc2)c2ccc(-c3ccc4c(c3)Oc3ccc5c6c(ccc-4c36)Oc3cc(-c4ccc(N(c6ccccc6)c6ccccc6)cc4)ccc3-5)cc2)cc1. The van der Waals surface area contributed by atoms with Crippen molar-refractivity contribution in [3.05, 3.63) is 231 Å². The van der Waals surface area contributed by atoms with Crippen molar-refractivity contribution in [1.29, 1.82) is 0 Å². The number of hydrogen-bond acceptors (Lipinski definition) is 4. The van der Waals surface area contributed by atoms with E-state index in [2.05, 4.69) is 240 Å². The second-order valence-electron chi connectivity index (χ2n) is 15.7. The highest BCUT2D eigenvalue weighted by Crippen LogP contribution is 2.56. The summed E-state index contributed by atoms with van der Waals surface area (Å²) in [5.41, 5.74) is 15.5. The summed E-state index contributed by atoms with van der Waals surface area (Å²) in [7, 11) is 0. The third kappa shape index (κ3) is 6.08. The van der Waals surface area contributed by atoms with Crippen LogP contribution < -0.4 is 19.3 Å². The molecular weight excluding hydrogens is 757 g/mol. The lowest BCUT2D eigenvalue weighted by Crippen LogP contribution is -2.09. The van der Waals surface area contributed by atoms with E-state index in [9.17, 15) is 0 Å². The van der Waals surface area contributed by atoms with Gasteiger partial charge in [0.15, 0.2) is 0 Å². The number of anilines is 6. The molecule has 2 aliphatic heterocycles. The van der Waals surface area contributed by atoms with Gasteiger partial charge in [-0.15, -0.1) is 0 Å². The number of nitrogens with zero attached hydrogens (tertiary/aromatic N) is 2. The quantitative estimate of drug-likeness (QED) is 0.153. The van der Waals surface area contributed by atoms with Gasteiger partial charge in [-0.1, -0.05) is 109 Å². The number of ether oxygens (including phenoxy) is 2. The average Bonchev–Trinajstić information content (AvgIpc) is 3.34. The highest BCUT2D eigenvalue weighted by molar-refractivity contribution is 6.14. The van der Waals surface area contributed by atoms with Crippen LogP contribution in [0, 0.1) is 0 Å². The molecule has 12 rings (SSSR count). The molecule has 0 spiro atoms. The van der Waals surface area contributed by atoms with E-state index in [4.69, 9.17) is 9.47 Å². The van der Waals surface area contributed by atoms with Crippen LogP contribution in [0.2, 0.25) is 0 Å². The Bertz CT molecular complexity index is 2960. The second-order valence-corrected chi connectivity index (χ2v) is 15.7. The van der Waals surface area contributed by atoms with E-state index in [1.54, 1.807) is 0 Å². The molecule has 292 valence electrons. The van der Waals surface area contributed by atoms with Gasteiger partial charge in [0, 0.05) is 56.0 Å². The smallest absolute Gasteiger partial charge is 0.136 e. The monoisotopic (exact) mass is 794 g/mol. The maximum absolute atomic E-state index is 6.75. The molecule has 0 N–H and O–H groups in total. The van der Waals surface area contributed by atoms with Gasteiger partial charge in [-0.2, -0.15) is 0 Å². The third-order valence-corrected chi connectivity index (χ3v) is 12.0. The van der Waals surface area contributed by atoms with Crippen LogP contribution in [0.4, 0.5) is 34.1 Å². The summed E-state index contributed by atoms with van der Waals surface area (Å²) in [6.07, 6.45) is 0. The number of para-hydroxylation sites is 4. The minimum absolute atomic E-state index is 0.839. The molecule has 0 saturated heterocycles. The van der Waals surface area contributed by atoms with E-state index in [0.717, 1.165) is 112 Å². The van der Waals surface area contributed by atoms with E-state index < -0.39 is 0 Å². The van der Waals surface area contributed by atoms with Crippen LogP contribution in [0.15, 0.2) is 231 Å². The van der Waals surface area contributed by atoms with E-state index in [1.165, 1.54) is 0 Å². The normalized spacial score (nSPS) is 11.8. The molecule has 10 aromatic carbocycles. The summed E-state index contributed by atoms with van der Waals surface area (Å²) in [6, 6.07) is 81.2. The van der Waals surface area contributed by atoms with Crippen molar-refractivity contribution in [2.75, 3.05) is 9.80 Å². The summed E-state index contributed by atoms with van der Waals surface area (Å²) in [5.74, 6) is 3.37. The Morgan fingerprint density at radius 3 is 0.855 bits per heavy atom.